The number of aromatic nitrogens is 2. The van der Waals surface area contributed by atoms with Crippen LogP contribution in [-0.2, 0) is 24.2 Å². The van der Waals surface area contributed by atoms with Crippen molar-refractivity contribution >= 4 is 17.6 Å². The monoisotopic (exact) mass is 492 g/mol. The lowest BCUT2D eigenvalue weighted by molar-refractivity contribution is -0.192. The number of benzene rings is 2. The molecule has 1 aromatic heterocycles. The maximum Gasteiger partial charge on any atom is 0.490 e. The minimum atomic E-state index is -5.08. The van der Waals surface area contributed by atoms with E-state index in [1.165, 1.54) is 0 Å². The molecule has 2 aromatic carbocycles. The highest BCUT2D eigenvalue weighted by atomic mass is 19.4. The number of carboxylic acids is 2. The first kappa shape index (κ1) is 25.6. The number of aromatic carboxylic acids is 1. The van der Waals surface area contributed by atoms with E-state index in [2.05, 4.69) is 5.10 Å². The summed E-state index contributed by atoms with van der Waals surface area (Å²) >= 11 is 0. The van der Waals surface area contributed by atoms with Crippen LogP contribution in [0.3, 0.4) is 0 Å². The fourth-order valence-electron chi connectivity index (χ4n) is 3.85. The van der Waals surface area contributed by atoms with Gasteiger partial charge >= 0.3 is 18.1 Å². The molecule has 0 unspecified atom stereocenters. The number of aryl methyl sites for hydroxylation is 2. The van der Waals surface area contributed by atoms with E-state index in [1.54, 1.807) is 22.9 Å². The predicted molar refractivity (Wildman–Crippen MR) is 121 cm³/mol. The van der Waals surface area contributed by atoms with Gasteiger partial charge in [-0.15, -0.1) is 0 Å². The molecule has 0 aliphatic heterocycles. The Hall–Kier alpha value is -4.06. The van der Waals surface area contributed by atoms with Gasteiger partial charge in [0.2, 0.25) is 0 Å². The van der Waals surface area contributed by atoms with E-state index < -0.39 is 18.1 Å². The predicted octanol–water partition coefficient (Wildman–Crippen LogP) is 3.28. The van der Waals surface area contributed by atoms with Crippen molar-refractivity contribution in [2.24, 2.45) is 5.73 Å². The van der Waals surface area contributed by atoms with Crippen molar-refractivity contribution in [2.45, 2.75) is 32.0 Å². The summed E-state index contributed by atoms with van der Waals surface area (Å²) in [7, 11) is 0. The molecule has 0 saturated carbocycles. The van der Waals surface area contributed by atoms with Gasteiger partial charge in [0.25, 0.3) is 0 Å². The number of nitrogens with zero attached hydrogens (tertiary/aromatic N) is 2. The normalized spacial score (nSPS) is 12.2. The van der Waals surface area contributed by atoms with E-state index >= 15 is 0 Å². The SMILES string of the molecule is NCCCn1nc2c(c1C(=O)O)CCc1cc(O)c(-c3cccc(N)c3)cc1-2.O=C(O)C(F)(F)F. The third-order valence-corrected chi connectivity index (χ3v) is 5.39. The zero-order chi connectivity index (χ0) is 25.9. The van der Waals surface area contributed by atoms with Crippen molar-refractivity contribution in [3.8, 4) is 28.1 Å². The van der Waals surface area contributed by atoms with Crippen molar-refractivity contribution in [2.75, 3.05) is 12.3 Å². The molecule has 0 saturated heterocycles. The van der Waals surface area contributed by atoms with E-state index in [1.807, 2.05) is 18.2 Å². The van der Waals surface area contributed by atoms with Crippen LogP contribution in [-0.4, -0.2) is 49.8 Å². The van der Waals surface area contributed by atoms with Crippen LogP contribution in [0, 0.1) is 0 Å². The number of aromatic hydroxyl groups is 1. The fraction of sp³-hybridized carbons (Fsp3) is 0.261. The Kier molecular flexibility index (Phi) is 7.34. The van der Waals surface area contributed by atoms with Crippen molar-refractivity contribution in [3.63, 3.8) is 0 Å². The molecule has 0 radical (unpaired) electrons. The van der Waals surface area contributed by atoms with Crippen molar-refractivity contribution in [1.82, 2.24) is 9.78 Å². The Morgan fingerprint density at radius 1 is 1.09 bits per heavy atom. The molecule has 0 spiro atoms. The van der Waals surface area contributed by atoms with Crippen LogP contribution in [0.25, 0.3) is 22.4 Å². The number of hydrogen-bond acceptors (Lipinski definition) is 6. The first-order valence-corrected chi connectivity index (χ1v) is 10.5. The number of phenolic OH excluding ortho intramolecular Hbond substituents is 1. The van der Waals surface area contributed by atoms with Gasteiger partial charge in [0.15, 0.2) is 0 Å². The van der Waals surface area contributed by atoms with Gasteiger partial charge in [-0.1, -0.05) is 12.1 Å². The zero-order valence-corrected chi connectivity index (χ0v) is 18.3. The molecule has 186 valence electrons. The number of anilines is 1. The second-order valence-electron chi connectivity index (χ2n) is 7.80. The Morgan fingerprint density at radius 3 is 2.34 bits per heavy atom. The highest BCUT2D eigenvalue weighted by Crippen LogP contribution is 2.41. The minimum Gasteiger partial charge on any atom is -0.507 e. The lowest BCUT2D eigenvalue weighted by atomic mass is 9.86. The number of fused-ring (bicyclic) bond motifs is 3. The lowest BCUT2D eigenvalue weighted by Gasteiger charge is -2.18. The third kappa shape index (κ3) is 5.54. The molecule has 9 nitrogen and oxygen atoms in total. The van der Waals surface area contributed by atoms with Gasteiger partial charge in [0, 0.05) is 28.9 Å². The van der Waals surface area contributed by atoms with E-state index in [0.717, 1.165) is 22.3 Å². The third-order valence-electron chi connectivity index (χ3n) is 5.39. The number of halogens is 3. The molecule has 1 aliphatic rings. The van der Waals surface area contributed by atoms with Crippen LogP contribution in [0.5, 0.6) is 5.75 Å². The van der Waals surface area contributed by atoms with Gasteiger partial charge in [-0.25, -0.2) is 9.59 Å². The summed E-state index contributed by atoms with van der Waals surface area (Å²) in [5.41, 5.74) is 17.0. The second-order valence-corrected chi connectivity index (χ2v) is 7.80. The standard InChI is InChI=1S/C21H22N4O3.C2HF3O2/c22-7-2-8-25-20(21(27)28)15-6-5-13-10-18(26)16(11-17(13)19(15)24-25)12-3-1-4-14(23)9-12;3-2(4,5)1(6)7/h1,3-4,9-11,26H,2,5-8,22-23H2,(H,27,28);(H,6,7). The summed E-state index contributed by atoms with van der Waals surface area (Å²) < 4.78 is 33.3. The second kappa shape index (κ2) is 10.1. The molecule has 4 rings (SSSR count). The van der Waals surface area contributed by atoms with Crippen molar-refractivity contribution < 1.29 is 38.1 Å². The highest BCUT2D eigenvalue weighted by molar-refractivity contribution is 5.92. The lowest BCUT2D eigenvalue weighted by Crippen LogP contribution is -2.21. The summed E-state index contributed by atoms with van der Waals surface area (Å²) in [4.78, 5) is 20.8. The Bertz CT molecular complexity index is 1270. The van der Waals surface area contributed by atoms with Crippen LogP contribution in [0.15, 0.2) is 36.4 Å². The molecule has 0 fully saturated rings. The highest BCUT2D eigenvalue weighted by Gasteiger charge is 2.38. The quantitative estimate of drug-likeness (QED) is 0.339. The van der Waals surface area contributed by atoms with Crippen LogP contribution in [0.4, 0.5) is 18.9 Å². The Labute approximate surface area is 197 Å². The minimum absolute atomic E-state index is 0.175. The smallest absolute Gasteiger partial charge is 0.490 e. The molecule has 12 heteroatoms. The van der Waals surface area contributed by atoms with Crippen molar-refractivity contribution in [3.05, 3.63) is 53.2 Å². The number of rotatable bonds is 5. The maximum atomic E-state index is 11.9. The number of carbonyl (C=O) groups is 2. The summed E-state index contributed by atoms with van der Waals surface area (Å²) in [6.07, 6.45) is -3.21. The summed E-state index contributed by atoms with van der Waals surface area (Å²) in [5, 5.41) is 32.0. The number of carboxylic acid groups (broad SMARTS) is 2. The average Bonchev–Trinajstić information content (AvgIpc) is 3.16. The van der Waals surface area contributed by atoms with Crippen molar-refractivity contribution in [1.29, 1.82) is 0 Å². The number of nitrogens with two attached hydrogens (primary N) is 2. The molecule has 1 heterocycles. The van der Waals surface area contributed by atoms with Gasteiger partial charge < -0.3 is 26.8 Å². The van der Waals surface area contributed by atoms with E-state index in [4.69, 9.17) is 21.4 Å². The van der Waals surface area contributed by atoms with E-state index in [-0.39, 0.29) is 11.4 Å². The van der Waals surface area contributed by atoms with Gasteiger partial charge in [-0.05, 0) is 61.2 Å². The zero-order valence-electron chi connectivity index (χ0n) is 18.3. The van der Waals surface area contributed by atoms with Crippen LogP contribution in [0.1, 0.15) is 28.0 Å². The van der Waals surface area contributed by atoms with Crippen LogP contribution in [0.2, 0.25) is 0 Å². The molecule has 0 bridgehead atoms. The van der Waals surface area contributed by atoms with Gasteiger partial charge in [0.1, 0.15) is 11.4 Å². The van der Waals surface area contributed by atoms with E-state index in [9.17, 15) is 28.2 Å². The molecule has 3 aromatic rings. The molecular formula is C23H23F3N4O5. The summed E-state index contributed by atoms with van der Waals surface area (Å²) in [5.74, 6) is -3.56. The summed E-state index contributed by atoms with van der Waals surface area (Å²) in [6.45, 7) is 0.925. The fourth-order valence-corrected chi connectivity index (χ4v) is 3.85. The molecule has 35 heavy (non-hydrogen) atoms. The number of alkyl halides is 3. The van der Waals surface area contributed by atoms with Crippen LogP contribution >= 0.6 is 0 Å². The number of aliphatic carboxylic acids is 1. The van der Waals surface area contributed by atoms with Gasteiger partial charge in [0.05, 0.1) is 5.69 Å². The first-order chi connectivity index (χ1) is 16.4. The maximum absolute atomic E-state index is 11.9. The Morgan fingerprint density at radius 2 is 1.77 bits per heavy atom. The molecule has 0 atom stereocenters. The molecule has 7 N–H and O–H groups in total. The molecule has 1 aliphatic carbocycles. The first-order valence-electron chi connectivity index (χ1n) is 10.5. The van der Waals surface area contributed by atoms with Crippen LogP contribution < -0.4 is 11.5 Å². The van der Waals surface area contributed by atoms with E-state index in [0.29, 0.717) is 49.3 Å². The average molecular weight is 492 g/mol. The largest absolute Gasteiger partial charge is 0.507 e. The number of phenols is 1. The van der Waals surface area contributed by atoms with Gasteiger partial charge in [-0.2, -0.15) is 18.3 Å². The van der Waals surface area contributed by atoms with Gasteiger partial charge in [-0.3, -0.25) is 4.68 Å². The molecule has 0 amide bonds. The summed E-state index contributed by atoms with van der Waals surface area (Å²) in [6, 6.07) is 10.9. The number of hydrogen-bond donors (Lipinski definition) is 5. The molecular weight excluding hydrogens is 469 g/mol. The topological polar surface area (TPSA) is 165 Å². The number of nitrogen functional groups attached to an aromatic ring is 1. The Balaban J connectivity index is 0.000000429.